The highest BCUT2D eigenvalue weighted by molar-refractivity contribution is 8.09. The lowest BCUT2D eigenvalue weighted by Gasteiger charge is -2.16. The summed E-state index contributed by atoms with van der Waals surface area (Å²) < 4.78 is -0.0547. The van der Waals surface area contributed by atoms with Crippen LogP contribution in [0.4, 0.5) is 0 Å². The number of aliphatic carboxylic acids is 2. The van der Waals surface area contributed by atoms with Crippen LogP contribution < -0.4 is 26.7 Å². The van der Waals surface area contributed by atoms with Gasteiger partial charge in [-0.3, -0.25) is 9.59 Å². The summed E-state index contributed by atoms with van der Waals surface area (Å²) in [7, 11) is 0. The van der Waals surface area contributed by atoms with E-state index in [0.717, 1.165) is 71.9 Å². The van der Waals surface area contributed by atoms with Gasteiger partial charge in [0.1, 0.15) is 0 Å². The number of carboxylic acids is 2. The van der Waals surface area contributed by atoms with Gasteiger partial charge in [0.25, 0.3) is 0 Å². The van der Waals surface area contributed by atoms with Crippen molar-refractivity contribution in [1.82, 2.24) is 20.3 Å². The highest BCUT2D eigenvalue weighted by Gasteiger charge is 2.62. The van der Waals surface area contributed by atoms with Crippen LogP contribution in [0.25, 0.3) is 24.3 Å². The summed E-state index contributed by atoms with van der Waals surface area (Å²) in [6.45, 7) is 12.8. The zero-order chi connectivity index (χ0) is 31.7. The van der Waals surface area contributed by atoms with Crippen LogP contribution in [0.2, 0.25) is 0 Å². The molecule has 1 unspecified atom stereocenters. The fourth-order valence-corrected chi connectivity index (χ4v) is 8.93. The monoisotopic (exact) mass is 632 g/mol. The molecular formula is C34H40N4O4S2. The second-order valence-electron chi connectivity index (χ2n) is 12.4. The molecule has 4 atom stereocenters. The fourth-order valence-electron chi connectivity index (χ4n) is 7.19. The predicted molar refractivity (Wildman–Crippen MR) is 180 cm³/mol. The zero-order valence-electron chi connectivity index (χ0n) is 25.9. The molecule has 0 radical (unpaired) electrons. The molecule has 10 heteroatoms. The lowest BCUT2D eigenvalue weighted by atomic mass is 9.92. The van der Waals surface area contributed by atoms with Crippen LogP contribution in [0, 0.1) is 20.8 Å². The van der Waals surface area contributed by atoms with Crippen LogP contribution in [0.15, 0.2) is 11.3 Å². The van der Waals surface area contributed by atoms with Crippen LogP contribution >= 0.6 is 24.4 Å². The molecule has 3 aromatic rings. The molecule has 3 aliphatic rings. The van der Waals surface area contributed by atoms with Crippen molar-refractivity contribution in [3.8, 4) is 0 Å². The minimum Gasteiger partial charge on any atom is -0.481 e. The van der Waals surface area contributed by atoms with E-state index in [9.17, 15) is 19.8 Å². The van der Waals surface area contributed by atoms with E-state index in [0.29, 0.717) is 18.1 Å². The van der Waals surface area contributed by atoms with Gasteiger partial charge in [0.05, 0.1) is 10.8 Å². The zero-order valence-corrected chi connectivity index (χ0v) is 27.6. The molecule has 232 valence electrons. The van der Waals surface area contributed by atoms with Crippen molar-refractivity contribution in [1.29, 1.82) is 0 Å². The second-order valence-corrected chi connectivity index (χ2v) is 14.8. The number of aromatic nitrogens is 3. The summed E-state index contributed by atoms with van der Waals surface area (Å²) in [5, 5.41) is 27.2. The van der Waals surface area contributed by atoms with Crippen LogP contribution in [0.3, 0.4) is 0 Å². The first-order valence-corrected chi connectivity index (χ1v) is 16.5. The molecule has 3 aliphatic heterocycles. The summed E-state index contributed by atoms with van der Waals surface area (Å²) in [5.41, 5.74) is 10.4. The molecule has 6 N–H and O–H groups in total. The first-order valence-electron chi connectivity index (χ1n) is 15.1. The number of rotatable bonds is 7. The smallest absolute Gasteiger partial charge is 0.303 e. The van der Waals surface area contributed by atoms with Gasteiger partial charge in [-0.15, -0.1) is 11.8 Å². The quantitative estimate of drug-likeness (QED) is 0.158. The fraction of sp³-hybridized carbons (Fsp3) is 0.412. The average molecular weight is 633 g/mol. The Balaban J connectivity index is 1.69. The van der Waals surface area contributed by atoms with E-state index < -0.39 is 11.9 Å². The maximum absolute atomic E-state index is 11.6. The Morgan fingerprint density at radius 1 is 0.864 bits per heavy atom. The number of thioether (sulfide) groups is 1. The first-order chi connectivity index (χ1) is 20.8. The van der Waals surface area contributed by atoms with Crippen LogP contribution in [0.5, 0.6) is 0 Å². The molecule has 6 rings (SSSR count). The van der Waals surface area contributed by atoms with E-state index in [-0.39, 0.29) is 28.9 Å². The minimum atomic E-state index is -0.851. The van der Waals surface area contributed by atoms with Crippen molar-refractivity contribution < 1.29 is 19.8 Å². The maximum Gasteiger partial charge on any atom is 0.303 e. The molecule has 3 aromatic heterocycles. The number of thiol groups is 1. The largest absolute Gasteiger partial charge is 0.481 e. The number of aromatic amines is 3. The van der Waals surface area contributed by atoms with Gasteiger partial charge in [0.2, 0.25) is 0 Å². The lowest BCUT2D eigenvalue weighted by Crippen LogP contribution is -2.36. The summed E-state index contributed by atoms with van der Waals surface area (Å²) >= 11 is 6.83. The molecule has 0 amide bonds. The van der Waals surface area contributed by atoms with Crippen molar-refractivity contribution in [2.24, 2.45) is 0 Å². The van der Waals surface area contributed by atoms with Gasteiger partial charge in [-0.05, 0) is 111 Å². The number of carbonyl (C=O) groups is 2. The van der Waals surface area contributed by atoms with E-state index >= 15 is 0 Å². The number of hydrogen-bond acceptors (Lipinski definition) is 5. The Labute approximate surface area is 265 Å². The molecule has 1 spiro atoms. The Kier molecular flexibility index (Phi) is 7.73. The number of fused-ring (bicyclic) bond motifs is 9. The third-order valence-corrected chi connectivity index (χ3v) is 11.8. The SMILES string of the molecule is CC1=C2/C=c3\[nH]/c(c(C)c3[C@H](C)S)=C\c3[nH]c(c(CCC(=O)O)c3C)/C=c3\[nH]/c(c(C)c3CCC(=O)O)=C\C(N2)[C@@]12S[C@@H]2C. The third-order valence-electron chi connectivity index (χ3n) is 9.75. The molecule has 0 aromatic carbocycles. The van der Waals surface area contributed by atoms with Crippen molar-refractivity contribution in [3.63, 3.8) is 0 Å². The van der Waals surface area contributed by atoms with E-state index in [2.05, 4.69) is 73.1 Å². The highest BCUT2D eigenvalue weighted by atomic mass is 32.2. The lowest BCUT2D eigenvalue weighted by molar-refractivity contribution is -0.138. The Hall–Kier alpha value is -3.50. The number of nitrogens with one attached hydrogen (secondary N) is 4. The van der Waals surface area contributed by atoms with Gasteiger partial charge in [-0.1, -0.05) is 6.92 Å². The third kappa shape index (κ3) is 5.05. The van der Waals surface area contributed by atoms with Crippen LogP contribution in [-0.4, -0.2) is 53.1 Å². The Morgan fingerprint density at radius 3 is 2.09 bits per heavy atom. The van der Waals surface area contributed by atoms with Gasteiger partial charge < -0.3 is 30.5 Å². The van der Waals surface area contributed by atoms with Gasteiger partial charge in [0, 0.05) is 61.8 Å². The second kappa shape index (κ2) is 11.1. The van der Waals surface area contributed by atoms with Gasteiger partial charge in [-0.25, -0.2) is 0 Å². The van der Waals surface area contributed by atoms with E-state index in [1.54, 1.807) is 0 Å². The van der Waals surface area contributed by atoms with Gasteiger partial charge >= 0.3 is 11.9 Å². The van der Waals surface area contributed by atoms with E-state index in [4.69, 9.17) is 12.6 Å². The summed E-state index contributed by atoms with van der Waals surface area (Å²) in [4.78, 5) is 34.1. The molecule has 0 aliphatic carbocycles. The topological polar surface area (TPSA) is 134 Å². The molecule has 0 saturated carbocycles. The van der Waals surface area contributed by atoms with Crippen molar-refractivity contribution in [2.75, 3.05) is 0 Å². The van der Waals surface area contributed by atoms with Crippen molar-refractivity contribution in [3.05, 3.63) is 77.4 Å². The predicted octanol–water partition coefficient (Wildman–Crippen LogP) is 2.97. The maximum atomic E-state index is 11.6. The first kappa shape index (κ1) is 30.5. The summed E-state index contributed by atoms with van der Waals surface area (Å²) in [6.07, 6.45) is 9.41. The standard InChI is InChI=1S/C34H40N4O4S2/c1-15-21(7-9-31(39)40)27-13-28-22(8-10-32(41)42)16(2)25(36-28)14-30-34(20(6)44-34)18(4)26(38-30)12-29-33(19(5)43)17(3)24(37-29)11-23(15)35-27/h11-14,19-20,30,35-38,43H,7-10H2,1-6H3,(H,39,40)(H,41,42)/b24-11-,25-14-,28-13-,29-12-/t19-,20+,30?,34+/m0/s1. The number of H-pyrrole nitrogens is 3. The Bertz CT molecular complexity index is 1990. The van der Waals surface area contributed by atoms with Crippen molar-refractivity contribution >= 4 is 60.6 Å². The molecule has 6 heterocycles. The number of carboxylic acid groups (broad SMARTS) is 2. The number of allylic oxidation sites excluding steroid dienone is 1. The normalized spacial score (nSPS) is 25.6. The molecule has 8 bridgehead atoms. The molecule has 1 fully saturated rings. The van der Waals surface area contributed by atoms with Crippen LogP contribution in [0.1, 0.15) is 83.6 Å². The molecule has 1 saturated heterocycles. The van der Waals surface area contributed by atoms with Crippen LogP contribution in [-0.2, 0) is 22.4 Å². The molecular weight excluding hydrogens is 593 g/mol. The summed E-state index contributed by atoms with van der Waals surface area (Å²) in [6, 6.07) is 0.0450. The summed E-state index contributed by atoms with van der Waals surface area (Å²) in [5.74, 6) is -1.69. The van der Waals surface area contributed by atoms with E-state index in [1.165, 1.54) is 5.57 Å². The van der Waals surface area contributed by atoms with Gasteiger partial charge in [0.15, 0.2) is 0 Å². The number of hydrogen-bond donors (Lipinski definition) is 7. The Morgan fingerprint density at radius 2 is 1.48 bits per heavy atom. The minimum absolute atomic E-state index is 0.00925. The van der Waals surface area contributed by atoms with Crippen molar-refractivity contribution in [2.45, 2.75) is 88.5 Å². The van der Waals surface area contributed by atoms with E-state index in [1.807, 2.05) is 24.8 Å². The highest BCUT2D eigenvalue weighted by Crippen LogP contribution is 2.63. The average Bonchev–Trinajstić information content (AvgIpc) is 3.08. The molecule has 8 nitrogen and oxygen atoms in total. The molecule has 44 heavy (non-hydrogen) atoms. The van der Waals surface area contributed by atoms with Gasteiger partial charge in [-0.2, -0.15) is 12.6 Å².